The molecule has 4 aliphatic heterocycles. The SMILES string of the molecule is O=C1/C(=C/c2cccn2Cc2ccc3ccccc3c2)CC[C@@H]2[C@H]3CCCN4CCC[C@@H](CN12)[C@@H]34. The second-order valence-corrected chi connectivity index (χ2v) is 11.2. The maximum absolute atomic E-state index is 13.8. The van der Waals surface area contributed by atoms with Gasteiger partial charge in [0.25, 0.3) is 0 Å². The number of carbonyl (C=O) groups excluding carboxylic acids is 1. The molecule has 4 heteroatoms. The third-order valence-corrected chi connectivity index (χ3v) is 9.27. The normalized spacial score (nSPS) is 29.9. The average molecular weight is 466 g/mol. The van der Waals surface area contributed by atoms with Gasteiger partial charge in [-0.25, -0.2) is 0 Å². The van der Waals surface area contributed by atoms with E-state index in [1.165, 1.54) is 55.1 Å². The summed E-state index contributed by atoms with van der Waals surface area (Å²) in [4.78, 5) is 18.8. The van der Waals surface area contributed by atoms with Crippen LogP contribution in [0.1, 0.15) is 49.8 Å². The molecule has 1 aromatic heterocycles. The van der Waals surface area contributed by atoms with E-state index in [4.69, 9.17) is 0 Å². The first-order valence-corrected chi connectivity index (χ1v) is 13.6. The molecule has 0 aliphatic carbocycles. The van der Waals surface area contributed by atoms with Crippen molar-refractivity contribution in [2.75, 3.05) is 19.6 Å². The molecule has 2 aromatic carbocycles. The predicted molar refractivity (Wildman–Crippen MR) is 141 cm³/mol. The molecule has 0 saturated carbocycles. The van der Waals surface area contributed by atoms with Gasteiger partial charge in [0.2, 0.25) is 5.91 Å². The molecule has 4 fully saturated rings. The molecule has 0 spiro atoms. The van der Waals surface area contributed by atoms with Gasteiger partial charge in [-0.2, -0.15) is 0 Å². The van der Waals surface area contributed by atoms with Gasteiger partial charge in [0, 0.05) is 42.6 Å². The minimum Gasteiger partial charge on any atom is -0.344 e. The third-order valence-electron chi connectivity index (χ3n) is 9.27. The quantitative estimate of drug-likeness (QED) is 0.473. The molecule has 0 unspecified atom stereocenters. The van der Waals surface area contributed by atoms with Gasteiger partial charge in [-0.3, -0.25) is 9.69 Å². The lowest BCUT2D eigenvalue weighted by Gasteiger charge is -2.58. The van der Waals surface area contributed by atoms with E-state index in [1.807, 2.05) is 0 Å². The maximum Gasteiger partial charge on any atom is 0.250 e. The Hall–Kier alpha value is -2.85. The highest BCUT2D eigenvalue weighted by molar-refractivity contribution is 5.98. The average Bonchev–Trinajstić information content (AvgIpc) is 3.32. The van der Waals surface area contributed by atoms with E-state index in [0.717, 1.165) is 43.2 Å². The number of carbonyl (C=O) groups is 1. The largest absolute Gasteiger partial charge is 0.344 e. The van der Waals surface area contributed by atoms with Gasteiger partial charge in [-0.05, 0) is 104 Å². The van der Waals surface area contributed by atoms with E-state index in [9.17, 15) is 4.79 Å². The van der Waals surface area contributed by atoms with Crippen LogP contribution in [0.15, 0.2) is 66.4 Å². The lowest BCUT2D eigenvalue weighted by Crippen LogP contribution is -2.66. The van der Waals surface area contributed by atoms with Crippen LogP contribution in [0.2, 0.25) is 0 Å². The van der Waals surface area contributed by atoms with Gasteiger partial charge in [0.1, 0.15) is 0 Å². The van der Waals surface area contributed by atoms with E-state index >= 15 is 0 Å². The van der Waals surface area contributed by atoms with Crippen molar-refractivity contribution in [3.05, 3.63) is 77.6 Å². The van der Waals surface area contributed by atoms with E-state index in [0.29, 0.717) is 23.8 Å². The fraction of sp³-hybridized carbons (Fsp3) is 0.452. The number of hydrogen-bond donors (Lipinski definition) is 0. The van der Waals surface area contributed by atoms with Crippen molar-refractivity contribution in [2.24, 2.45) is 11.8 Å². The molecule has 0 N–H and O–H groups in total. The molecule has 4 aliphatic rings. The van der Waals surface area contributed by atoms with E-state index in [1.54, 1.807) is 0 Å². The number of rotatable bonds is 3. The lowest BCUT2D eigenvalue weighted by molar-refractivity contribution is -0.145. The van der Waals surface area contributed by atoms with Gasteiger partial charge in [-0.15, -0.1) is 0 Å². The maximum atomic E-state index is 13.8. The summed E-state index contributed by atoms with van der Waals surface area (Å²) in [6, 6.07) is 20.7. The van der Waals surface area contributed by atoms with Gasteiger partial charge in [0.15, 0.2) is 0 Å². The van der Waals surface area contributed by atoms with Crippen molar-refractivity contribution < 1.29 is 4.79 Å². The van der Waals surface area contributed by atoms with Crippen LogP contribution in [0.5, 0.6) is 0 Å². The van der Waals surface area contributed by atoms with E-state index < -0.39 is 0 Å². The lowest BCUT2D eigenvalue weighted by atomic mass is 9.67. The van der Waals surface area contributed by atoms with Crippen molar-refractivity contribution in [2.45, 2.75) is 57.2 Å². The number of hydrogen-bond acceptors (Lipinski definition) is 2. The first-order valence-electron chi connectivity index (χ1n) is 13.6. The van der Waals surface area contributed by atoms with Gasteiger partial charge < -0.3 is 9.47 Å². The molecule has 5 heterocycles. The zero-order valence-corrected chi connectivity index (χ0v) is 20.5. The predicted octanol–water partition coefficient (Wildman–Crippen LogP) is 5.57. The standard InChI is InChI=1S/C31H35N3O/c35-31-25(13-14-29-28-10-5-16-32-15-3-8-26(30(28)32)21-34(29)31)19-27-9-4-17-33(27)20-22-11-12-23-6-1-2-7-24(23)18-22/h1-2,4,6-7,9,11-12,17-19,26,28-30H,3,5,8,10,13-16,20-21H2/b25-19+/t26-,28+,29+,30-/m0/s1. The first-order chi connectivity index (χ1) is 17.2. The zero-order valence-electron chi connectivity index (χ0n) is 20.5. The Balaban J connectivity index is 1.13. The number of amides is 1. The molecule has 4 atom stereocenters. The molecule has 4 nitrogen and oxygen atoms in total. The Morgan fingerprint density at radius 3 is 2.69 bits per heavy atom. The summed E-state index contributed by atoms with van der Waals surface area (Å²) in [7, 11) is 0. The Kier molecular flexibility index (Phi) is 5.31. The highest BCUT2D eigenvalue weighted by Crippen LogP contribution is 2.45. The fourth-order valence-electron chi connectivity index (χ4n) is 7.74. The highest BCUT2D eigenvalue weighted by Gasteiger charge is 2.51. The highest BCUT2D eigenvalue weighted by atomic mass is 16.2. The van der Waals surface area contributed by atoms with Crippen molar-refractivity contribution in [3.63, 3.8) is 0 Å². The van der Waals surface area contributed by atoms with Crippen LogP contribution in [0.25, 0.3) is 16.8 Å². The molecule has 1 amide bonds. The van der Waals surface area contributed by atoms with Crippen LogP contribution >= 0.6 is 0 Å². The monoisotopic (exact) mass is 465 g/mol. The number of nitrogens with zero attached hydrogens (tertiary/aromatic N) is 3. The first kappa shape index (κ1) is 21.4. The minimum atomic E-state index is 0.306. The molecule has 35 heavy (non-hydrogen) atoms. The smallest absolute Gasteiger partial charge is 0.250 e. The Labute approximate surface area is 208 Å². The van der Waals surface area contributed by atoms with Crippen molar-refractivity contribution in [1.29, 1.82) is 0 Å². The van der Waals surface area contributed by atoms with Crippen LogP contribution in [0.3, 0.4) is 0 Å². The van der Waals surface area contributed by atoms with Crippen molar-refractivity contribution >= 4 is 22.8 Å². The summed E-state index contributed by atoms with van der Waals surface area (Å²) in [5.41, 5.74) is 3.42. The number of benzene rings is 2. The second kappa shape index (κ2) is 8.67. The Bertz CT molecular complexity index is 1290. The van der Waals surface area contributed by atoms with Gasteiger partial charge in [-0.1, -0.05) is 36.4 Å². The van der Waals surface area contributed by atoms with Crippen LogP contribution in [-0.2, 0) is 11.3 Å². The summed E-state index contributed by atoms with van der Waals surface area (Å²) >= 11 is 0. The third kappa shape index (κ3) is 3.74. The van der Waals surface area contributed by atoms with Gasteiger partial charge >= 0.3 is 0 Å². The van der Waals surface area contributed by atoms with Crippen LogP contribution in [-0.4, -0.2) is 52.0 Å². The second-order valence-electron chi connectivity index (χ2n) is 11.2. The van der Waals surface area contributed by atoms with Crippen LogP contribution < -0.4 is 0 Å². The van der Waals surface area contributed by atoms with E-state index in [2.05, 4.69) is 81.2 Å². The molecular formula is C31H35N3O. The summed E-state index contributed by atoms with van der Waals surface area (Å²) in [5, 5.41) is 2.55. The number of piperidine rings is 4. The Morgan fingerprint density at radius 1 is 0.914 bits per heavy atom. The minimum absolute atomic E-state index is 0.306. The molecule has 7 rings (SSSR count). The van der Waals surface area contributed by atoms with Crippen LogP contribution in [0.4, 0.5) is 0 Å². The fourth-order valence-corrected chi connectivity index (χ4v) is 7.74. The van der Waals surface area contributed by atoms with E-state index in [-0.39, 0.29) is 0 Å². The number of aromatic nitrogens is 1. The van der Waals surface area contributed by atoms with Crippen molar-refractivity contribution in [3.8, 4) is 0 Å². The summed E-state index contributed by atoms with van der Waals surface area (Å²) in [6.45, 7) is 4.34. The summed E-state index contributed by atoms with van der Waals surface area (Å²) < 4.78 is 2.28. The Morgan fingerprint density at radius 2 is 1.77 bits per heavy atom. The summed E-state index contributed by atoms with van der Waals surface area (Å²) in [6.07, 6.45) is 11.6. The summed E-state index contributed by atoms with van der Waals surface area (Å²) in [5.74, 6) is 1.66. The molecule has 0 bridgehead atoms. The molecule has 3 aromatic rings. The number of fused-ring (bicyclic) bond motifs is 3. The van der Waals surface area contributed by atoms with Crippen molar-refractivity contribution in [1.82, 2.24) is 14.4 Å². The molecule has 180 valence electrons. The molecular weight excluding hydrogens is 430 g/mol. The topological polar surface area (TPSA) is 28.5 Å². The molecule has 0 radical (unpaired) electrons. The zero-order chi connectivity index (χ0) is 23.4. The van der Waals surface area contributed by atoms with Crippen LogP contribution in [0, 0.1) is 11.8 Å². The van der Waals surface area contributed by atoms with Gasteiger partial charge in [0.05, 0.1) is 0 Å². The molecule has 4 saturated heterocycles.